The molecule has 1 heterocycles. The van der Waals surface area contributed by atoms with Gasteiger partial charge < -0.3 is 19.5 Å². The van der Waals surface area contributed by atoms with Crippen LogP contribution in [0.2, 0.25) is 5.02 Å². The van der Waals surface area contributed by atoms with Crippen molar-refractivity contribution in [1.82, 2.24) is 4.90 Å². The van der Waals surface area contributed by atoms with E-state index >= 15 is 0 Å². The van der Waals surface area contributed by atoms with E-state index in [1.54, 1.807) is 49.6 Å². The Morgan fingerprint density at radius 3 is 2.52 bits per heavy atom. The van der Waals surface area contributed by atoms with Gasteiger partial charge in [-0.25, -0.2) is 0 Å². The van der Waals surface area contributed by atoms with Crippen LogP contribution in [0.3, 0.4) is 0 Å². The van der Waals surface area contributed by atoms with Crippen LogP contribution in [-0.4, -0.2) is 48.1 Å². The van der Waals surface area contributed by atoms with Crippen LogP contribution in [0, 0.1) is 0 Å². The molecular weight excluding hydrogens is 418 g/mol. The number of aliphatic hydroxyl groups excluding tert-OH is 1. The van der Waals surface area contributed by atoms with E-state index in [0.29, 0.717) is 41.5 Å². The molecule has 0 aromatic heterocycles. The van der Waals surface area contributed by atoms with Crippen molar-refractivity contribution in [2.45, 2.75) is 32.4 Å². The number of benzene rings is 2. The average molecular weight is 444 g/mol. The molecule has 2 aromatic rings. The van der Waals surface area contributed by atoms with Crippen LogP contribution in [0.15, 0.2) is 54.1 Å². The Bertz CT molecular complexity index is 984. The molecule has 1 aliphatic rings. The van der Waals surface area contributed by atoms with Gasteiger partial charge in [-0.2, -0.15) is 0 Å². The highest BCUT2D eigenvalue weighted by Crippen LogP contribution is 2.40. The highest BCUT2D eigenvalue weighted by atomic mass is 35.5. The van der Waals surface area contributed by atoms with E-state index in [2.05, 4.69) is 0 Å². The molecule has 0 bridgehead atoms. The summed E-state index contributed by atoms with van der Waals surface area (Å²) in [7, 11) is 1.55. The average Bonchev–Trinajstić information content (AvgIpc) is 3.01. The highest BCUT2D eigenvalue weighted by Gasteiger charge is 2.45. The van der Waals surface area contributed by atoms with Crippen LogP contribution in [0.5, 0.6) is 5.75 Å². The molecule has 1 amide bonds. The molecule has 0 saturated carbocycles. The number of carbonyl (C=O) groups is 2. The molecule has 0 spiro atoms. The van der Waals surface area contributed by atoms with Crippen LogP contribution < -0.4 is 4.74 Å². The lowest BCUT2D eigenvalue weighted by Crippen LogP contribution is -2.31. The fourth-order valence-corrected chi connectivity index (χ4v) is 3.71. The van der Waals surface area contributed by atoms with Crippen molar-refractivity contribution in [2.75, 3.05) is 20.3 Å². The normalized spacial score (nSPS) is 18.1. The number of amides is 1. The van der Waals surface area contributed by atoms with Gasteiger partial charge in [0.25, 0.3) is 11.7 Å². The predicted octanol–water partition coefficient (Wildman–Crippen LogP) is 4.59. The Morgan fingerprint density at radius 1 is 1.16 bits per heavy atom. The zero-order valence-corrected chi connectivity index (χ0v) is 18.6. The van der Waals surface area contributed by atoms with Crippen molar-refractivity contribution >= 4 is 29.1 Å². The van der Waals surface area contributed by atoms with Gasteiger partial charge >= 0.3 is 0 Å². The number of likely N-dealkylation sites (tertiary alicyclic amines) is 1. The molecule has 0 radical (unpaired) electrons. The molecule has 2 aromatic carbocycles. The third-order valence-electron chi connectivity index (χ3n) is 5.06. The standard InChI is InChI=1S/C24H26ClNO5/c1-15(2)31-13-5-12-26-21(17-6-4-7-19(14-17)30-3)20(23(28)24(26)29)22(27)16-8-10-18(25)11-9-16/h4,6-11,14-15,21,27H,5,12-13H2,1-3H3/t21-/m1/s1. The summed E-state index contributed by atoms with van der Waals surface area (Å²) in [5.41, 5.74) is 1.14. The molecule has 1 aliphatic heterocycles. The van der Waals surface area contributed by atoms with Crippen molar-refractivity contribution in [3.8, 4) is 5.75 Å². The maximum atomic E-state index is 13.0. The zero-order valence-electron chi connectivity index (χ0n) is 17.8. The SMILES string of the molecule is COc1cccc([C@@H]2C(=C(O)c3ccc(Cl)cc3)C(=O)C(=O)N2CCCOC(C)C)c1. The molecule has 1 saturated heterocycles. The molecule has 7 heteroatoms. The molecule has 0 unspecified atom stereocenters. The lowest BCUT2D eigenvalue weighted by Gasteiger charge is -2.25. The number of hydrogen-bond acceptors (Lipinski definition) is 5. The Hall–Kier alpha value is -2.83. The van der Waals surface area contributed by atoms with Crippen LogP contribution in [0.1, 0.15) is 37.4 Å². The smallest absolute Gasteiger partial charge is 0.295 e. The summed E-state index contributed by atoms with van der Waals surface area (Å²) < 4.78 is 10.9. The van der Waals surface area contributed by atoms with Crippen molar-refractivity contribution in [1.29, 1.82) is 0 Å². The first-order chi connectivity index (χ1) is 14.8. The molecule has 164 valence electrons. The number of rotatable bonds is 8. The van der Waals surface area contributed by atoms with E-state index in [1.807, 2.05) is 19.9 Å². The minimum atomic E-state index is -0.732. The number of Topliss-reactive ketones (excluding diaryl/α,β-unsaturated/α-hetero) is 1. The largest absolute Gasteiger partial charge is 0.507 e. The molecule has 6 nitrogen and oxygen atoms in total. The molecular formula is C24H26ClNO5. The van der Waals surface area contributed by atoms with Gasteiger partial charge in [0.2, 0.25) is 0 Å². The van der Waals surface area contributed by atoms with Gasteiger partial charge in [0, 0.05) is 23.7 Å². The van der Waals surface area contributed by atoms with E-state index in [-0.39, 0.29) is 17.4 Å². The highest BCUT2D eigenvalue weighted by molar-refractivity contribution is 6.46. The Morgan fingerprint density at radius 2 is 1.87 bits per heavy atom. The second-order valence-corrected chi connectivity index (χ2v) is 7.99. The summed E-state index contributed by atoms with van der Waals surface area (Å²) in [5, 5.41) is 11.5. The monoisotopic (exact) mass is 443 g/mol. The van der Waals surface area contributed by atoms with Crippen LogP contribution >= 0.6 is 11.6 Å². The van der Waals surface area contributed by atoms with Gasteiger partial charge in [-0.15, -0.1) is 0 Å². The first kappa shape index (κ1) is 22.8. The maximum absolute atomic E-state index is 13.0. The number of halogens is 1. The number of methoxy groups -OCH3 is 1. The third-order valence-corrected chi connectivity index (χ3v) is 5.31. The fourth-order valence-electron chi connectivity index (χ4n) is 3.59. The van der Waals surface area contributed by atoms with Gasteiger partial charge in [0.05, 0.1) is 24.8 Å². The lowest BCUT2D eigenvalue weighted by atomic mass is 9.95. The molecule has 3 rings (SSSR count). The number of ketones is 1. The Labute approximate surface area is 187 Å². The molecule has 0 aliphatic carbocycles. The van der Waals surface area contributed by atoms with E-state index in [1.165, 1.54) is 4.90 Å². The number of carbonyl (C=O) groups excluding carboxylic acids is 2. The summed E-state index contributed by atoms with van der Waals surface area (Å²) in [4.78, 5) is 27.4. The number of nitrogens with zero attached hydrogens (tertiary/aromatic N) is 1. The van der Waals surface area contributed by atoms with E-state index in [4.69, 9.17) is 21.1 Å². The molecule has 1 fully saturated rings. The van der Waals surface area contributed by atoms with Crippen LogP contribution in [-0.2, 0) is 14.3 Å². The van der Waals surface area contributed by atoms with Crippen molar-refractivity contribution in [3.63, 3.8) is 0 Å². The molecule has 1 N–H and O–H groups in total. The summed E-state index contributed by atoms with van der Waals surface area (Å²) in [6, 6.07) is 12.9. The minimum Gasteiger partial charge on any atom is -0.507 e. The topological polar surface area (TPSA) is 76.1 Å². The maximum Gasteiger partial charge on any atom is 0.295 e. The first-order valence-corrected chi connectivity index (χ1v) is 10.5. The van der Waals surface area contributed by atoms with Crippen molar-refractivity contribution in [3.05, 3.63) is 70.3 Å². The predicted molar refractivity (Wildman–Crippen MR) is 119 cm³/mol. The van der Waals surface area contributed by atoms with E-state index in [9.17, 15) is 14.7 Å². The molecule has 31 heavy (non-hydrogen) atoms. The van der Waals surface area contributed by atoms with Gasteiger partial charge in [-0.3, -0.25) is 9.59 Å². The summed E-state index contributed by atoms with van der Waals surface area (Å²) in [6.45, 7) is 4.66. The van der Waals surface area contributed by atoms with Crippen molar-refractivity contribution in [2.24, 2.45) is 0 Å². The fraction of sp³-hybridized carbons (Fsp3) is 0.333. The van der Waals surface area contributed by atoms with E-state index < -0.39 is 17.7 Å². The minimum absolute atomic E-state index is 0.0466. The van der Waals surface area contributed by atoms with Gasteiger partial charge in [0.1, 0.15) is 11.5 Å². The van der Waals surface area contributed by atoms with Gasteiger partial charge in [-0.05, 0) is 62.2 Å². The lowest BCUT2D eigenvalue weighted by molar-refractivity contribution is -0.140. The summed E-state index contributed by atoms with van der Waals surface area (Å²) in [6.07, 6.45) is 0.640. The second-order valence-electron chi connectivity index (χ2n) is 7.55. The van der Waals surface area contributed by atoms with Crippen LogP contribution in [0.25, 0.3) is 5.76 Å². The van der Waals surface area contributed by atoms with Gasteiger partial charge in [0.15, 0.2) is 0 Å². The van der Waals surface area contributed by atoms with Gasteiger partial charge in [-0.1, -0.05) is 23.7 Å². The summed E-state index contributed by atoms with van der Waals surface area (Å²) in [5.74, 6) is -1.00. The molecule has 1 atom stereocenters. The first-order valence-electron chi connectivity index (χ1n) is 10.1. The third kappa shape index (κ3) is 5.09. The Kier molecular flexibility index (Phi) is 7.36. The summed E-state index contributed by atoms with van der Waals surface area (Å²) >= 11 is 5.95. The second kappa shape index (κ2) is 9.98. The number of ether oxygens (including phenoxy) is 2. The van der Waals surface area contributed by atoms with E-state index in [0.717, 1.165) is 0 Å². The zero-order chi connectivity index (χ0) is 22.5. The Balaban J connectivity index is 2.04. The number of hydrogen-bond donors (Lipinski definition) is 1. The van der Waals surface area contributed by atoms with Crippen molar-refractivity contribution < 1.29 is 24.2 Å². The van der Waals surface area contributed by atoms with Crippen LogP contribution in [0.4, 0.5) is 0 Å². The number of aliphatic hydroxyl groups is 1. The quantitative estimate of drug-likeness (QED) is 0.279.